The van der Waals surface area contributed by atoms with Gasteiger partial charge in [-0.1, -0.05) is 78.6 Å². The summed E-state index contributed by atoms with van der Waals surface area (Å²) in [4.78, 5) is 23.0. The summed E-state index contributed by atoms with van der Waals surface area (Å²) in [5.41, 5.74) is 6.35. The predicted molar refractivity (Wildman–Crippen MR) is 122 cm³/mol. The largest absolute Gasteiger partial charge is 0.481 e. The minimum Gasteiger partial charge on any atom is -0.481 e. The van der Waals surface area contributed by atoms with Gasteiger partial charge in [0.15, 0.2) is 0 Å². The zero-order chi connectivity index (χ0) is 22.3. The molecular formula is C27H23NO4. The van der Waals surface area contributed by atoms with E-state index in [1.807, 2.05) is 48.5 Å². The van der Waals surface area contributed by atoms with Gasteiger partial charge in [0.05, 0.1) is 6.54 Å². The summed E-state index contributed by atoms with van der Waals surface area (Å²) < 4.78 is 5.50. The van der Waals surface area contributed by atoms with Crippen LogP contribution in [0.5, 0.6) is 0 Å². The van der Waals surface area contributed by atoms with Gasteiger partial charge in [-0.2, -0.15) is 0 Å². The second kappa shape index (κ2) is 9.84. The molecule has 0 atom stereocenters. The highest BCUT2D eigenvalue weighted by molar-refractivity contribution is 5.79. The normalized spacial score (nSPS) is 11.6. The number of carbonyl (C=O) groups is 2. The Labute approximate surface area is 187 Å². The summed E-state index contributed by atoms with van der Waals surface area (Å²) in [5, 5.41) is 11.5. The fourth-order valence-corrected chi connectivity index (χ4v) is 4.01. The maximum atomic E-state index is 12.2. The lowest BCUT2D eigenvalue weighted by Gasteiger charge is -2.14. The van der Waals surface area contributed by atoms with E-state index in [9.17, 15) is 9.59 Å². The average molecular weight is 425 g/mol. The van der Waals surface area contributed by atoms with Gasteiger partial charge in [-0.15, -0.1) is 0 Å². The number of alkyl carbamates (subject to hydrolysis) is 1. The lowest BCUT2D eigenvalue weighted by molar-refractivity contribution is -0.136. The first-order valence-corrected chi connectivity index (χ1v) is 10.5. The predicted octanol–water partition coefficient (Wildman–Crippen LogP) is 4.59. The molecular weight excluding hydrogens is 402 g/mol. The van der Waals surface area contributed by atoms with E-state index in [4.69, 9.17) is 9.84 Å². The smallest absolute Gasteiger partial charge is 0.407 e. The van der Waals surface area contributed by atoms with E-state index in [1.165, 1.54) is 22.3 Å². The zero-order valence-corrected chi connectivity index (χ0v) is 17.5. The minimum absolute atomic E-state index is 0.0142. The Balaban J connectivity index is 1.33. The van der Waals surface area contributed by atoms with Gasteiger partial charge in [0, 0.05) is 17.9 Å². The van der Waals surface area contributed by atoms with Gasteiger partial charge >= 0.3 is 12.1 Å². The Hall–Kier alpha value is -4.04. The van der Waals surface area contributed by atoms with Crippen molar-refractivity contribution in [1.29, 1.82) is 0 Å². The van der Waals surface area contributed by atoms with Crippen molar-refractivity contribution in [1.82, 2.24) is 5.32 Å². The van der Waals surface area contributed by atoms with Gasteiger partial charge in [0.1, 0.15) is 6.61 Å². The van der Waals surface area contributed by atoms with Gasteiger partial charge < -0.3 is 15.2 Å². The second-order valence-electron chi connectivity index (χ2n) is 7.53. The Bertz CT molecular complexity index is 1160. The molecule has 0 spiro atoms. The monoisotopic (exact) mass is 425 g/mol. The van der Waals surface area contributed by atoms with Gasteiger partial charge in [-0.3, -0.25) is 4.79 Å². The molecule has 0 aromatic heterocycles. The quantitative estimate of drug-likeness (QED) is 0.566. The first-order valence-electron chi connectivity index (χ1n) is 10.5. The summed E-state index contributed by atoms with van der Waals surface area (Å²) in [6.45, 7) is 0.398. The van der Waals surface area contributed by atoms with Gasteiger partial charge in [0.2, 0.25) is 0 Å². The Morgan fingerprint density at radius 2 is 1.53 bits per heavy atom. The number of rotatable bonds is 6. The van der Waals surface area contributed by atoms with Crippen LogP contribution in [0.15, 0.2) is 72.8 Å². The first kappa shape index (κ1) is 21.2. The number of aryl methyl sites for hydroxylation is 1. The maximum Gasteiger partial charge on any atom is 0.407 e. The number of benzene rings is 3. The van der Waals surface area contributed by atoms with Crippen LogP contribution in [-0.4, -0.2) is 30.3 Å². The first-order chi connectivity index (χ1) is 15.6. The number of carboxylic acid groups (broad SMARTS) is 1. The molecule has 5 heteroatoms. The molecule has 32 heavy (non-hydrogen) atoms. The maximum absolute atomic E-state index is 12.2. The van der Waals surface area contributed by atoms with Gasteiger partial charge in [-0.05, 0) is 40.3 Å². The second-order valence-corrected chi connectivity index (χ2v) is 7.53. The standard InChI is InChI=1S/C27H23NO4/c29-26(30)16-15-20-9-2-1-8-19(20)10-7-17-28-27(31)32-18-25-23-13-5-3-11-21(23)22-12-4-6-14-24(22)25/h1-6,8-9,11-14,25H,15-18H2,(H,28,31)(H,29,30). The number of ether oxygens (including phenoxy) is 1. The molecule has 1 aliphatic carbocycles. The molecule has 0 unspecified atom stereocenters. The van der Waals surface area contributed by atoms with E-state index in [0.29, 0.717) is 6.42 Å². The van der Waals surface area contributed by atoms with Crippen LogP contribution in [0.3, 0.4) is 0 Å². The molecule has 1 amide bonds. The number of hydrogen-bond acceptors (Lipinski definition) is 3. The van der Waals surface area contributed by atoms with Crippen LogP contribution < -0.4 is 5.32 Å². The summed E-state index contributed by atoms with van der Waals surface area (Å²) in [6.07, 6.45) is -0.0447. The fourth-order valence-electron chi connectivity index (χ4n) is 4.01. The SMILES string of the molecule is O=C(O)CCc1ccccc1C#CCNC(=O)OCC1c2ccccc2-c2ccccc21. The number of carbonyl (C=O) groups excluding carboxylic acids is 1. The number of nitrogens with one attached hydrogen (secondary N) is 1. The molecule has 3 aromatic rings. The summed E-state index contributed by atoms with van der Waals surface area (Å²) in [5.74, 6) is 5.08. The molecule has 0 bridgehead atoms. The topological polar surface area (TPSA) is 75.6 Å². The number of amides is 1. The Morgan fingerprint density at radius 3 is 2.22 bits per heavy atom. The molecule has 0 saturated carbocycles. The molecule has 0 fully saturated rings. The third-order valence-corrected chi connectivity index (χ3v) is 5.51. The highest BCUT2D eigenvalue weighted by atomic mass is 16.5. The zero-order valence-electron chi connectivity index (χ0n) is 17.5. The van der Waals surface area contributed by atoms with Crippen molar-refractivity contribution < 1.29 is 19.4 Å². The fraction of sp³-hybridized carbons (Fsp3) is 0.185. The van der Waals surface area contributed by atoms with E-state index in [1.54, 1.807) is 0 Å². The van der Waals surface area contributed by atoms with Crippen LogP contribution >= 0.6 is 0 Å². The van der Waals surface area contributed by atoms with Crippen molar-refractivity contribution in [3.05, 3.63) is 95.1 Å². The molecule has 0 aliphatic heterocycles. The van der Waals surface area contributed by atoms with Crippen molar-refractivity contribution in [2.45, 2.75) is 18.8 Å². The van der Waals surface area contributed by atoms with E-state index in [0.717, 1.165) is 11.1 Å². The molecule has 2 N–H and O–H groups in total. The van der Waals surface area contributed by atoms with Crippen LogP contribution in [0, 0.1) is 11.8 Å². The van der Waals surface area contributed by atoms with E-state index in [2.05, 4.69) is 41.4 Å². The average Bonchev–Trinajstić information content (AvgIpc) is 3.13. The van der Waals surface area contributed by atoms with Crippen molar-refractivity contribution in [3.8, 4) is 23.0 Å². The molecule has 0 saturated heterocycles. The summed E-state index contributed by atoms with van der Waals surface area (Å²) in [7, 11) is 0. The Morgan fingerprint density at radius 1 is 0.906 bits per heavy atom. The van der Waals surface area contributed by atoms with E-state index >= 15 is 0 Å². The molecule has 5 nitrogen and oxygen atoms in total. The highest BCUT2D eigenvalue weighted by Gasteiger charge is 2.28. The molecule has 0 radical (unpaired) electrons. The lowest BCUT2D eigenvalue weighted by Crippen LogP contribution is -2.26. The van der Waals surface area contributed by atoms with Crippen LogP contribution in [0.1, 0.15) is 34.6 Å². The highest BCUT2D eigenvalue weighted by Crippen LogP contribution is 2.44. The third-order valence-electron chi connectivity index (χ3n) is 5.51. The van der Waals surface area contributed by atoms with E-state index in [-0.39, 0.29) is 25.5 Å². The van der Waals surface area contributed by atoms with Crippen molar-refractivity contribution in [2.75, 3.05) is 13.2 Å². The van der Waals surface area contributed by atoms with Crippen LogP contribution in [0.4, 0.5) is 4.79 Å². The summed E-state index contributed by atoms with van der Waals surface area (Å²) >= 11 is 0. The van der Waals surface area contributed by atoms with Crippen LogP contribution in [-0.2, 0) is 16.0 Å². The lowest BCUT2D eigenvalue weighted by atomic mass is 9.98. The molecule has 0 heterocycles. The van der Waals surface area contributed by atoms with Crippen LogP contribution in [0.25, 0.3) is 11.1 Å². The van der Waals surface area contributed by atoms with Gasteiger partial charge in [-0.25, -0.2) is 4.79 Å². The number of hydrogen-bond donors (Lipinski definition) is 2. The molecule has 1 aliphatic rings. The molecule has 3 aromatic carbocycles. The molecule has 160 valence electrons. The molecule has 4 rings (SSSR count). The third kappa shape index (κ3) is 4.81. The van der Waals surface area contributed by atoms with Gasteiger partial charge in [0.25, 0.3) is 0 Å². The van der Waals surface area contributed by atoms with Crippen LogP contribution in [0.2, 0.25) is 0 Å². The van der Waals surface area contributed by atoms with E-state index < -0.39 is 12.1 Å². The number of aliphatic carboxylic acids is 1. The number of fused-ring (bicyclic) bond motifs is 3. The minimum atomic E-state index is -0.843. The van der Waals surface area contributed by atoms with Crippen molar-refractivity contribution in [2.24, 2.45) is 0 Å². The number of carboxylic acids is 1. The van der Waals surface area contributed by atoms with Crippen molar-refractivity contribution in [3.63, 3.8) is 0 Å². The summed E-state index contributed by atoms with van der Waals surface area (Å²) in [6, 6.07) is 23.8. The Kier molecular flexibility index (Phi) is 6.52. The van der Waals surface area contributed by atoms with Crippen molar-refractivity contribution >= 4 is 12.1 Å².